The molecule has 5 heteroatoms. The maximum absolute atomic E-state index is 11.7. The highest BCUT2D eigenvalue weighted by molar-refractivity contribution is 5.69. The number of carbonyl (C=O) groups is 1. The molecule has 0 aliphatic carbocycles. The van der Waals surface area contributed by atoms with Gasteiger partial charge in [-0.1, -0.05) is 24.3 Å². The fraction of sp³-hybridized carbons (Fsp3) is 0.231. The van der Waals surface area contributed by atoms with E-state index < -0.39 is 5.97 Å². The van der Waals surface area contributed by atoms with E-state index >= 15 is 0 Å². The second-order valence-electron chi connectivity index (χ2n) is 4.14. The molecule has 2 aromatic rings. The summed E-state index contributed by atoms with van der Waals surface area (Å²) in [6.07, 6.45) is 0.164. The molecule has 0 aliphatic heterocycles. The van der Waals surface area contributed by atoms with Crippen LogP contribution in [0.3, 0.4) is 0 Å². The van der Waals surface area contributed by atoms with Crippen molar-refractivity contribution in [1.29, 1.82) is 0 Å². The highest BCUT2D eigenvalue weighted by Gasteiger charge is 2.14. The number of hydrogen-bond donors (Lipinski definition) is 3. The van der Waals surface area contributed by atoms with Crippen molar-refractivity contribution in [3.05, 3.63) is 45.7 Å². The Morgan fingerprint density at radius 1 is 1.28 bits per heavy atom. The number of H-pyrrole nitrogens is 2. The summed E-state index contributed by atoms with van der Waals surface area (Å²) >= 11 is 0. The van der Waals surface area contributed by atoms with E-state index in [9.17, 15) is 9.59 Å². The van der Waals surface area contributed by atoms with Crippen LogP contribution in [0.4, 0.5) is 0 Å². The number of nitrogens with one attached hydrogen (secondary N) is 2. The van der Waals surface area contributed by atoms with Gasteiger partial charge in [0.25, 0.3) is 5.56 Å². The number of aromatic amines is 2. The molecule has 0 saturated carbocycles. The Morgan fingerprint density at radius 3 is 2.67 bits per heavy atom. The predicted molar refractivity (Wildman–Crippen MR) is 67.5 cm³/mol. The molecule has 0 saturated heterocycles. The van der Waals surface area contributed by atoms with E-state index in [2.05, 4.69) is 10.2 Å². The van der Waals surface area contributed by atoms with Crippen molar-refractivity contribution in [2.75, 3.05) is 0 Å². The smallest absolute Gasteiger partial charge is 0.303 e. The maximum atomic E-state index is 11.7. The fourth-order valence-corrected chi connectivity index (χ4v) is 1.94. The molecule has 2 rings (SSSR count). The van der Waals surface area contributed by atoms with Crippen LogP contribution in [0.2, 0.25) is 0 Å². The summed E-state index contributed by atoms with van der Waals surface area (Å²) in [5.74, 6) is -0.911. The van der Waals surface area contributed by atoms with Crippen molar-refractivity contribution < 1.29 is 9.90 Å². The number of rotatable bonds is 4. The molecule has 18 heavy (non-hydrogen) atoms. The second-order valence-corrected chi connectivity index (χ2v) is 4.14. The first-order valence-electron chi connectivity index (χ1n) is 5.67. The van der Waals surface area contributed by atoms with Gasteiger partial charge in [-0.2, -0.15) is 0 Å². The van der Waals surface area contributed by atoms with Crippen LogP contribution in [0.25, 0.3) is 11.3 Å². The zero-order chi connectivity index (χ0) is 13.1. The Morgan fingerprint density at radius 2 is 2.00 bits per heavy atom. The van der Waals surface area contributed by atoms with Gasteiger partial charge in [-0.05, 0) is 18.9 Å². The molecule has 1 heterocycles. The lowest BCUT2D eigenvalue weighted by Crippen LogP contribution is -2.08. The van der Waals surface area contributed by atoms with Crippen LogP contribution >= 0.6 is 0 Å². The molecule has 0 aliphatic rings. The first-order chi connectivity index (χ1) is 8.59. The number of benzene rings is 1. The number of hydrogen-bond acceptors (Lipinski definition) is 2. The standard InChI is InChI=1S/C13H14N2O3/c1-8-4-2-3-5-9(8)12-10(6-7-11(16)17)13(18)15-14-12/h2-5H,6-7H2,1H3,(H,16,17)(H2,14,15,18). The highest BCUT2D eigenvalue weighted by Crippen LogP contribution is 2.23. The van der Waals surface area contributed by atoms with Crippen LogP contribution in [-0.2, 0) is 11.2 Å². The number of aliphatic carboxylic acids is 1. The highest BCUT2D eigenvalue weighted by atomic mass is 16.4. The number of aryl methyl sites for hydroxylation is 1. The van der Waals surface area contributed by atoms with E-state index in [4.69, 9.17) is 5.11 Å². The molecule has 0 unspecified atom stereocenters. The average molecular weight is 246 g/mol. The van der Waals surface area contributed by atoms with E-state index in [1.165, 1.54) is 0 Å². The average Bonchev–Trinajstić information content (AvgIpc) is 2.68. The van der Waals surface area contributed by atoms with Crippen molar-refractivity contribution in [3.63, 3.8) is 0 Å². The minimum atomic E-state index is -0.911. The summed E-state index contributed by atoms with van der Waals surface area (Å²) in [5.41, 5.74) is 2.86. The van der Waals surface area contributed by atoms with Gasteiger partial charge in [-0.15, -0.1) is 0 Å². The minimum Gasteiger partial charge on any atom is -0.481 e. The van der Waals surface area contributed by atoms with Crippen molar-refractivity contribution >= 4 is 5.97 Å². The van der Waals surface area contributed by atoms with Gasteiger partial charge in [0.2, 0.25) is 0 Å². The molecule has 0 atom stereocenters. The van der Waals surface area contributed by atoms with Crippen LogP contribution in [0.15, 0.2) is 29.1 Å². The molecule has 1 aromatic heterocycles. The van der Waals surface area contributed by atoms with Gasteiger partial charge in [0, 0.05) is 17.5 Å². The molecule has 3 N–H and O–H groups in total. The zero-order valence-electron chi connectivity index (χ0n) is 9.99. The zero-order valence-corrected chi connectivity index (χ0v) is 9.99. The third-order valence-electron chi connectivity index (χ3n) is 2.88. The van der Waals surface area contributed by atoms with Crippen molar-refractivity contribution in [2.24, 2.45) is 0 Å². The largest absolute Gasteiger partial charge is 0.481 e. The van der Waals surface area contributed by atoms with Crippen LogP contribution in [-0.4, -0.2) is 21.3 Å². The van der Waals surface area contributed by atoms with Gasteiger partial charge < -0.3 is 5.11 Å². The number of carboxylic acid groups (broad SMARTS) is 1. The molecule has 0 radical (unpaired) electrons. The van der Waals surface area contributed by atoms with Crippen LogP contribution < -0.4 is 5.56 Å². The first-order valence-corrected chi connectivity index (χ1v) is 5.67. The SMILES string of the molecule is Cc1ccccc1-c1[nH][nH]c(=O)c1CCC(=O)O. The van der Waals surface area contributed by atoms with Crippen molar-refractivity contribution in [3.8, 4) is 11.3 Å². The Labute approximate surface area is 103 Å². The van der Waals surface area contributed by atoms with Gasteiger partial charge in [0.05, 0.1) is 5.69 Å². The summed E-state index contributed by atoms with van der Waals surface area (Å²) in [6.45, 7) is 1.95. The topological polar surface area (TPSA) is 86.0 Å². The normalized spacial score (nSPS) is 10.5. The molecule has 1 aromatic carbocycles. The Balaban J connectivity index is 2.43. The Bertz CT molecular complexity index is 625. The molecular formula is C13H14N2O3. The number of aromatic nitrogens is 2. The van der Waals surface area contributed by atoms with Crippen LogP contribution in [0.1, 0.15) is 17.5 Å². The lowest BCUT2D eigenvalue weighted by Gasteiger charge is -2.05. The van der Waals surface area contributed by atoms with E-state index in [0.717, 1.165) is 11.1 Å². The first kappa shape index (κ1) is 12.2. The molecule has 94 valence electrons. The molecule has 0 spiro atoms. The molecule has 0 amide bonds. The third kappa shape index (κ3) is 2.34. The van der Waals surface area contributed by atoms with Gasteiger partial charge >= 0.3 is 5.97 Å². The van der Waals surface area contributed by atoms with Gasteiger partial charge in [-0.25, -0.2) is 0 Å². The van der Waals surface area contributed by atoms with E-state index in [0.29, 0.717) is 11.3 Å². The Kier molecular flexibility index (Phi) is 3.32. The summed E-state index contributed by atoms with van der Waals surface area (Å²) in [5, 5.41) is 14.0. The van der Waals surface area contributed by atoms with Gasteiger partial charge in [0.1, 0.15) is 0 Å². The van der Waals surface area contributed by atoms with E-state index in [-0.39, 0.29) is 18.4 Å². The monoisotopic (exact) mass is 246 g/mol. The summed E-state index contributed by atoms with van der Waals surface area (Å²) in [6, 6.07) is 7.65. The van der Waals surface area contributed by atoms with Crippen molar-refractivity contribution in [2.45, 2.75) is 19.8 Å². The number of carboxylic acids is 1. The molecule has 5 nitrogen and oxygen atoms in total. The molecular weight excluding hydrogens is 232 g/mol. The van der Waals surface area contributed by atoms with Gasteiger partial charge in [0.15, 0.2) is 0 Å². The van der Waals surface area contributed by atoms with Gasteiger partial charge in [-0.3, -0.25) is 19.8 Å². The fourth-order valence-electron chi connectivity index (χ4n) is 1.94. The predicted octanol–water partition coefficient (Wildman–Crippen LogP) is 1.70. The van der Waals surface area contributed by atoms with Crippen molar-refractivity contribution in [1.82, 2.24) is 10.2 Å². The van der Waals surface area contributed by atoms with E-state index in [1.807, 2.05) is 31.2 Å². The lowest BCUT2D eigenvalue weighted by atomic mass is 10.0. The van der Waals surface area contributed by atoms with Crippen LogP contribution in [0.5, 0.6) is 0 Å². The Hall–Kier alpha value is -2.30. The summed E-state index contributed by atoms with van der Waals surface area (Å²) in [4.78, 5) is 22.3. The quantitative estimate of drug-likeness (QED) is 0.767. The van der Waals surface area contributed by atoms with E-state index in [1.54, 1.807) is 0 Å². The second kappa shape index (κ2) is 4.91. The maximum Gasteiger partial charge on any atom is 0.303 e. The summed E-state index contributed by atoms with van der Waals surface area (Å²) < 4.78 is 0. The summed E-state index contributed by atoms with van der Waals surface area (Å²) in [7, 11) is 0. The molecule has 0 fully saturated rings. The minimum absolute atomic E-state index is 0.0557. The third-order valence-corrected chi connectivity index (χ3v) is 2.88. The van der Waals surface area contributed by atoms with Crippen LogP contribution in [0, 0.1) is 6.92 Å². The lowest BCUT2D eigenvalue weighted by molar-refractivity contribution is -0.136. The molecule has 0 bridgehead atoms.